The molecule has 0 bridgehead atoms. The molecule has 0 radical (unpaired) electrons. The van der Waals surface area contributed by atoms with E-state index in [1.807, 2.05) is 26.0 Å². The predicted molar refractivity (Wildman–Crippen MR) is 115 cm³/mol. The zero-order valence-electron chi connectivity index (χ0n) is 17.5. The van der Waals surface area contributed by atoms with Gasteiger partial charge >= 0.3 is 11.7 Å². The highest BCUT2D eigenvalue weighted by Gasteiger charge is 2.17. The van der Waals surface area contributed by atoms with Crippen molar-refractivity contribution in [3.63, 3.8) is 0 Å². The van der Waals surface area contributed by atoms with E-state index >= 15 is 0 Å². The van der Waals surface area contributed by atoms with Crippen LogP contribution in [-0.4, -0.2) is 36.4 Å². The number of carboxylic acids is 1. The number of imidazole rings is 1. The third kappa shape index (κ3) is 4.86. The summed E-state index contributed by atoms with van der Waals surface area (Å²) in [4.78, 5) is 40.2. The van der Waals surface area contributed by atoms with E-state index in [-0.39, 0.29) is 17.8 Å². The van der Waals surface area contributed by atoms with Gasteiger partial charge in [-0.3, -0.25) is 13.9 Å². The maximum Gasteiger partial charge on any atom is 0.341 e. The van der Waals surface area contributed by atoms with Crippen molar-refractivity contribution in [3.05, 3.63) is 68.9 Å². The fourth-order valence-corrected chi connectivity index (χ4v) is 2.95. The zero-order chi connectivity index (χ0) is 22.3. The monoisotopic (exact) mass is 414 g/mol. The average molecular weight is 414 g/mol. The van der Waals surface area contributed by atoms with E-state index in [2.05, 4.69) is 4.98 Å². The van der Waals surface area contributed by atoms with Crippen LogP contribution in [0.5, 0.6) is 0 Å². The fraction of sp³-hybridized carbons (Fsp3) is 0.333. The highest BCUT2D eigenvalue weighted by molar-refractivity contribution is 5.73. The Morgan fingerprint density at radius 1 is 1.17 bits per heavy atom. The van der Waals surface area contributed by atoms with Crippen molar-refractivity contribution in [2.45, 2.75) is 33.9 Å². The molecule has 30 heavy (non-hydrogen) atoms. The van der Waals surface area contributed by atoms with Crippen molar-refractivity contribution >= 4 is 23.2 Å². The van der Waals surface area contributed by atoms with Gasteiger partial charge in [-0.05, 0) is 38.5 Å². The molecule has 9 nitrogen and oxygen atoms in total. The lowest BCUT2D eigenvalue weighted by molar-refractivity contribution is -0.140. The minimum absolute atomic E-state index is 0.286. The number of nitrogens with zero attached hydrogens (tertiary/aromatic N) is 4. The summed E-state index contributed by atoms with van der Waals surface area (Å²) in [7, 11) is 1.74. The number of hydrogen-bond acceptors (Lipinski definition) is 5. The normalized spacial score (nSPS) is 12.7. The van der Waals surface area contributed by atoms with E-state index in [1.165, 1.54) is 15.4 Å². The Morgan fingerprint density at radius 2 is 1.87 bits per heavy atom. The molecule has 0 amide bonds. The van der Waals surface area contributed by atoms with Crippen LogP contribution < -0.4 is 11.2 Å². The Bertz CT molecular complexity index is 1160. The number of allylic oxidation sites excluding steroid dienone is 6. The van der Waals surface area contributed by atoms with Crippen LogP contribution in [0, 0.1) is 0 Å². The van der Waals surface area contributed by atoms with Crippen molar-refractivity contribution in [2.24, 2.45) is 7.05 Å². The molecule has 2 aromatic rings. The van der Waals surface area contributed by atoms with Crippen molar-refractivity contribution in [1.29, 1.82) is 0 Å². The number of carbonyl (C=O) groups is 1. The second-order valence-corrected chi connectivity index (χ2v) is 6.31. The average Bonchev–Trinajstić information content (AvgIpc) is 3.02. The van der Waals surface area contributed by atoms with Crippen LogP contribution in [0.1, 0.15) is 26.6 Å². The van der Waals surface area contributed by atoms with Gasteiger partial charge in [-0.1, -0.05) is 24.3 Å². The van der Waals surface area contributed by atoms with Crippen LogP contribution in [0.4, 0.5) is 0 Å². The van der Waals surface area contributed by atoms with Crippen molar-refractivity contribution in [1.82, 2.24) is 18.7 Å². The van der Waals surface area contributed by atoms with Gasteiger partial charge in [-0.25, -0.2) is 14.6 Å². The van der Waals surface area contributed by atoms with Gasteiger partial charge in [0.2, 0.25) is 0 Å². The number of carboxylic acid groups (broad SMARTS) is 1. The number of rotatable bonds is 9. The Balaban J connectivity index is 2.47. The summed E-state index contributed by atoms with van der Waals surface area (Å²) in [6.07, 6.45) is 11.9. The van der Waals surface area contributed by atoms with E-state index < -0.39 is 12.6 Å². The van der Waals surface area contributed by atoms with Gasteiger partial charge in [0.25, 0.3) is 5.56 Å². The molecule has 2 heterocycles. The summed E-state index contributed by atoms with van der Waals surface area (Å²) >= 11 is 0. The van der Waals surface area contributed by atoms with E-state index in [0.717, 1.165) is 5.57 Å². The molecule has 160 valence electrons. The largest absolute Gasteiger partial charge is 0.490 e. The second kappa shape index (κ2) is 10.2. The van der Waals surface area contributed by atoms with Crippen LogP contribution >= 0.6 is 0 Å². The maximum atomic E-state index is 12.8. The molecule has 0 saturated heterocycles. The first kappa shape index (κ1) is 22.7. The standard InChI is InChI=1S/C21H26N4O5/c1-5-9-15(10-8-13-30-14-17(26)27)11-12-16-22-19-18(23(16)4)20(28)25(7-3)21(29)24(19)6-2/h5,8-13H,6-7,14H2,1-4H3,(H,26,27)/b9-5+,12-11+,13-8+,15-10+. The lowest BCUT2D eigenvalue weighted by Gasteiger charge is -2.08. The number of hydrogen-bond donors (Lipinski definition) is 1. The summed E-state index contributed by atoms with van der Waals surface area (Å²) in [5.41, 5.74) is 0.805. The molecule has 0 aliphatic carbocycles. The molecule has 2 rings (SSSR count). The van der Waals surface area contributed by atoms with Gasteiger partial charge in [0.05, 0.1) is 6.26 Å². The minimum Gasteiger partial charge on any atom is -0.490 e. The van der Waals surface area contributed by atoms with Gasteiger partial charge in [-0.15, -0.1) is 0 Å². The number of aromatic nitrogens is 4. The highest BCUT2D eigenvalue weighted by atomic mass is 16.5. The van der Waals surface area contributed by atoms with Gasteiger partial charge < -0.3 is 14.4 Å². The van der Waals surface area contributed by atoms with E-state index in [9.17, 15) is 14.4 Å². The molecule has 9 heteroatoms. The molecular formula is C21H26N4O5. The van der Waals surface area contributed by atoms with Crippen molar-refractivity contribution < 1.29 is 14.6 Å². The van der Waals surface area contributed by atoms with E-state index in [4.69, 9.17) is 9.84 Å². The quantitative estimate of drug-likeness (QED) is 0.497. The lowest BCUT2D eigenvalue weighted by Crippen LogP contribution is -2.39. The van der Waals surface area contributed by atoms with Gasteiger partial charge in [-0.2, -0.15) is 0 Å². The maximum absolute atomic E-state index is 12.8. The summed E-state index contributed by atoms with van der Waals surface area (Å²) in [5, 5.41) is 8.56. The van der Waals surface area contributed by atoms with Gasteiger partial charge in [0, 0.05) is 20.1 Å². The molecular weight excluding hydrogens is 388 g/mol. The van der Waals surface area contributed by atoms with Gasteiger partial charge in [0.15, 0.2) is 17.8 Å². The molecule has 2 aromatic heterocycles. The molecule has 0 unspecified atom stereocenters. The Morgan fingerprint density at radius 3 is 2.47 bits per heavy atom. The molecule has 0 aliphatic heterocycles. The topological polar surface area (TPSA) is 108 Å². The van der Waals surface area contributed by atoms with Crippen LogP contribution in [0.2, 0.25) is 0 Å². The molecule has 0 atom stereocenters. The molecule has 1 N–H and O–H groups in total. The molecule has 0 aliphatic rings. The summed E-state index contributed by atoms with van der Waals surface area (Å²) in [5.74, 6) is -0.522. The minimum atomic E-state index is -1.05. The Labute approximate surface area is 173 Å². The first-order chi connectivity index (χ1) is 14.3. The Hall–Kier alpha value is -3.62. The molecule has 0 fully saturated rings. The summed E-state index contributed by atoms with van der Waals surface area (Å²) in [6, 6.07) is 0. The number of fused-ring (bicyclic) bond motifs is 1. The highest BCUT2D eigenvalue weighted by Crippen LogP contribution is 2.13. The predicted octanol–water partition coefficient (Wildman–Crippen LogP) is 2.07. The third-order valence-corrected chi connectivity index (χ3v) is 4.36. The zero-order valence-corrected chi connectivity index (χ0v) is 17.5. The van der Waals surface area contributed by atoms with Crippen molar-refractivity contribution in [2.75, 3.05) is 6.61 Å². The van der Waals surface area contributed by atoms with Crippen LogP contribution in [0.25, 0.3) is 17.2 Å². The van der Waals surface area contributed by atoms with E-state index in [0.29, 0.717) is 23.5 Å². The number of ether oxygens (including phenoxy) is 1. The van der Waals surface area contributed by atoms with Crippen LogP contribution in [0.15, 0.2) is 51.8 Å². The third-order valence-electron chi connectivity index (χ3n) is 4.36. The van der Waals surface area contributed by atoms with Crippen molar-refractivity contribution in [3.8, 4) is 0 Å². The first-order valence-corrected chi connectivity index (χ1v) is 9.56. The smallest absolute Gasteiger partial charge is 0.341 e. The fourth-order valence-electron chi connectivity index (χ4n) is 2.95. The Kier molecular flexibility index (Phi) is 7.74. The van der Waals surface area contributed by atoms with E-state index in [1.54, 1.807) is 42.8 Å². The number of aliphatic carboxylic acids is 1. The first-order valence-electron chi connectivity index (χ1n) is 9.56. The van der Waals surface area contributed by atoms with Crippen LogP contribution in [-0.2, 0) is 29.7 Å². The summed E-state index contributed by atoms with van der Waals surface area (Å²) in [6.45, 7) is 5.74. The SMILES string of the molecule is C/C=C/C(/C=C/c1nc2c(c(=O)n(CC)c(=O)n2CC)n1C)=C\C=C\OCC(=O)O. The second-order valence-electron chi connectivity index (χ2n) is 6.31. The number of aryl methyl sites for hydroxylation is 2. The molecule has 0 saturated carbocycles. The summed E-state index contributed by atoms with van der Waals surface area (Å²) < 4.78 is 9.22. The lowest BCUT2D eigenvalue weighted by atomic mass is 10.2. The van der Waals surface area contributed by atoms with Crippen LogP contribution in [0.3, 0.4) is 0 Å². The van der Waals surface area contributed by atoms with Gasteiger partial charge in [0.1, 0.15) is 5.82 Å². The molecule has 0 aromatic carbocycles. The molecule has 0 spiro atoms.